The van der Waals surface area contributed by atoms with Crippen LogP contribution >= 0.6 is 11.8 Å². The average molecular weight is 240 g/mol. The Bertz CT molecular complexity index is 331. The number of hydrogen-bond donors (Lipinski definition) is 2. The maximum Gasteiger partial charge on any atom is 0.136 e. The molecule has 1 aromatic rings. The number of benzene rings is 1. The quantitative estimate of drug-likeness (QED) is 0.333. The Morgan fingerprint density at radius 1 is 1.50 bits per heavy atom. The van der Waals surface area contributed by atoms with Crippen LogP contribution in [0.2, 0.25) is 0 Å². The van der Waals surface area contributed by atoms with Crippen molar-refractivity contribution in [3.8, 4) is 0 Å². The summed E-state index contributed by atoms with van der Waals surface area (Å²) < 4.78 is 13.3. The van der Waals surface area contributed by atoms with Crippen molar-refractivity contribution in [1.82, 2.24) is 5.43 Å². The van der Waals surface area contributed by atoms with Crippen LogP contribution < -0.4 is 11.3 Å². The third kappa shape index (κ3) is 4.35. The molecule has 0 aliphatic rings. The highest BCUT2D eigenvalue weighted by Crippen LogP contribution is 2.22. The van der Waals surface area contributed by atoms with Crippen LogP contribution in [0.1, 0.15) is 12.8 Å². The van der Waals surface area contributed by atoms with Gasteiger partial charge in [0.05, 0.1) is 0 Å². The molecule has 0 amide bonds. The van der Waals surface area contributed by atoms with Crippen molar-refractivity contribution in [3.63, 3.8) is 0 Å². The molecule has 1 rings (SSSR count). The smallest absolute Gasteiger partial charge is 0.136 e. The van der Waals surface area contributed by atoms with Crippen LogP contribution in [-0.4, -0.2) is 11.8 Å². The van der Waals surface area contributed by atoms with E-state index in [0.29, 0.717) is 4.90 Å². The fraction of sp³-hybridized carbons (Fsp3) is 0.333. The lowest BCUT2D eigenvalue weighted by Gasteiger charge is -2.14. The predicted molar refractivity (Wildman–Crippen MR) is 67.7 cm³/mol. The molecule has 0 aliphatic carbocycles. The lowest BCUT2D eigenvalue weighted by atomic mass is 10.2. The molecule has 1 atom stereocenters. The van der Waals surface area contributed by atoms with Crippen LogP contribution in [0.4, 0.5) is 4.39 Å². The van der Waals surface area contributed by atoms with Crippen LogP contribution in [0, 0.1) is 5.82 Å². The molecule has 1 unspecified atom stereocenters. The molecular formula is C12H17FN2S. The summed E-state index contributed by atoms with van der Waals surface area (Å²) >= 11 is 1.48. The predicted octanol–water partition coefficient (Wildman–Crippen LogP) is 2.72. The van der Waals surface area contributed by atoms with Crippen LogP contribution in [0.15, 0.2) is 41.8 Å². The van der Waals surface area contributed by atoms with Crippen LogP contribution in [-0.2, 0) is 0 Å². The van der Waals surface area contributed by atoms with E-state index < -0.39 is 0 Å². The van der Waals surface area contributed by atoms with Crippen LogP contribution in [0.5, 0.6) is 0 Å². The van der Waals surface area contributed by atoms with E-state index >= 15 is 0 Å². The molecular weight excluding hydrogens is 223 g/mol. The number of hydrazine groups is 1. The van der Waals surface area contributed by atoms with Gasteiger partial charge in [0.15, 0.2) is 0 Å². The minimum Gasteiger partial charge on any atom is -0.271 e. The Kier molecular flexibility index (Phi) is 6.15. The fourth-order valence-electron chi connectivity index (χ4n) is 1.29. The molecule has 88 valence electrons. The molecule has 1 aromatic carbocycles. The lowest BCUT2D eigenvalue weighted by Crippen LogP contribution is -2.36. The number of rotatable bonds is 7. The van der Waals surface area contributed by atoms with E-state index in [2.05, 4.69) is 12.0 Å². The van der Waals surface area contributed by atoms with Gasteiger partial charge >= 0.3 is 0 Å². The summed E-state index contributed by atoms with van der Waals surface area (Å²) in [5.41, 5.74) is 2.74. The second-order valence-electron chi connectivity index (χ2n) is 3.47. The average Bonchev–Trinajstić information content (AvgIpc) is 2.31. The number of nitrogens with two attached hydrogens (primary N) is 1. The van der Waals surface area contributed by atoms with E-state index in [1.807, 2.05) is 12.1 Å². The van der Waals surface area contributed by atoms with Gasteiger partial charge in [-0.05, 0) is 25.0 Å². The van der Waals surface area contributed by atoms with Crippen molar-refractivity contribution in [2.24, 2.45) is 5.84 Å². The normalized spacial score (nSPS) is 12.4. The fourth-order valence-corrected chi connectivity index (χ4v) is 2.31. The number of thioether (sulfide) groups is 1. The van der Waals surface area contributed by atoms with Gasteiger partial charge in [-0.25, -0.2) is 4.39 Å². The van der Waals surface area contributed by atoms with E-state index in [0.717, 1.165) is 18.6 Å². The largest absolute Gasteiger partial charge is 0.271 e. The van der Waals surface area contributed by atoms with E-state index in [1.54, 1.807) is 12.1 Å². The van der Waals surface area contributed by atoms with Gasteiger partial charge in [0, 0.05) is 16.7 Å². The van der Waals surface area contributed by atoms with E-state index in [4.69, 9.17) is 5.84 Å². The number of halogens is 1. The minimum absolute atomic E-state index is 0.174. The molecule has 0 bridgehead atoms. The molecule has 16 heavy (non-hydrogen) atoms. The second-order valence-corrected chi connectivity index (χ2v) is 4.53. The first-order valence-corrected chi connectivity index (χ1v) is 6.21. The van der Waals surface area contributed by atoms with Crippen LogP contribution in [0.3, 0.4) is 0 Å². The van der Waals surface area contributed by atoms with Gasteiger partial charge in [-0.3, -0.25) is 11.3 Å². The zero-order valence-electron chi connectivity index (χ0n) is 9.16. The van der Waals surface area contributed by atoms with Crippen molar-refractivity contribution in [2.45, 2.75) is 23.8 Å². The molecule has 2 nitrogen and oxygen atoms in total. The molecule has 0 aliphatic heterocycles. The SMILES string of the molecule is C=CCCC(CSc1ccccc1F)NN. The molecule has 0 saturated heterocycles. The summed E-state index contributed by atoms with van der Waals surface area (Å²) in [6.07, 6.45) is 3.69. The Balaban J connectivity index is 2.43. The van der Waals surface area contributed by atoms with Gasteiger partial charge in [0.2, 0.25) is 0 Å². The number of hydrogen-bond acceptors (Lipinski definition) is 3. The molecule has 0 aromatic heterocycles. The van der Waals surface area contributed by atoms with E-state index in [-0.39, 0.29) is 11.9 Å². The molecule has 0 spiro atoms. The Morgan fingerprint density at radius 2 is 2.25 bits per heavy atom. The van der Waals surface area contributed by atoms with E-state index in [9.17, 15) is 4.39 Å². The van der Waals surface area contributed by atoms with Gasteiger partial charge in [0.1, 0.15) is 5.82 Å². The molecule has 4 heteroatoms. The van der Waals surface area contributed by atoms with Gasteiger partial charge in [0.25, 0.3) is 0 Å². The van der Waals surface area contributed by atoms with Crippen LogP contribution in [0.25, 0.3) is 0 Å². The zero-order valence-corrected chi connectivity index (χ0v) is 9.97. The lowest BCUT2D eigenvalue weighted by molar-refractivity contribution is 0.543. The molecule has 3 N–H and O–H groups in total. The topological polar surface area (TPSA) is 38.0 Å². The van der Waals surface area contributed by atoms with E-state index in [1.165, 1.54) is 17.8 Å². The highest BCUT2D eigenvalue weighted by molar-refractivity contribution is 7.99. The monoisotopic (exact) mass is 240 g/mol. The second kappa shape index (κ2) is 7.44. The maximum absolute atomic E-state index is 13.3. The standard InChI is InChI=1S/C12H17FN2S/c1-2-3-6-10(15-14)9-16-12-8-5-4-7-11(12)13/h2,4-5,7-8,10,15H,1,3,6,9,14H2. The van der Waals surface area contributed by atoms with Gasteiger partial charge < -0.3 is 0 Å². The molecule has 0 saturated carbocycles. The van der Waals surface area contributed by atoms with Crippen molar-refractivity contribution in [2.75, 3.05) is 5.75 Å². The molecule has 0 heterocycles. The Morgan fingerprint density at radius 3 is 2.88 bits per heavy atom. The minimum atomic E-state index is -0.174. The van der Waals surface area contributed by atoms with Crippen molar-refractivity contribution in [1.29, 1.82) is 0 Å². The molecule has 0 fully saturated rings. The van der Waals surface area contributed by atoms with Crippen molar-refractivity contribution < 1.29 is 4.39 Å². The highest BCUT2D eigenvalue weighted by Gasteiger charge is 2.08. The Hall–Kier alpha value is -0.840. The summed E-state index contributed by atoms with van der Waals surface area (Å²) in [5, 5.41) is 0. The number of nitrogens with one attached hydrogen (secondary N) is 1. The summed E-state index contributed by atoms with van der Waals surface area (Å²) in [4.78, 5) is 0.668. The van der Waals surface area contributed by atoms with Gasteiger partial charge in [-0.15, -0.1) is 18.3 Å². The third-order valence-electron chi connectivity index (χ3n) is 2.23. The maximum atomic E-state index is 13.3. The van der Waals surface area contributed by atoms with Crippen molar-refractivity contribution >= 4 is 11.8 Å². The first kappa shape index (κ1) is 13.2. The zero-order chi connectivity index (χ0) is 11.8. The summed E-state index contributed by atoms with van der Waals surface area (Å²) in [5.74, 6) is 6.01. The Labute approximate surface area is 100 Å². The third-order valence-corrected chi connectivity index (χ3v) is 3.44. The first-order chi connectivity index (χ1) is 7.77. The summed E-state index contributed by atoms with van der Waals surface area (Å²) in [6.45, 7) is 3.66. The molecule has 0 radical (unpaired) electrons. The number of allylic oxidation sites excluding steroid dienone is 1. The highest BCUT2D eigenvalue weighted by atomic mass is 32.2. The summed E-state index contributed by atoms with van der Waals surface area (Å²) in [6, 6.07) is 6.95. The van der Waals surface area contributed by atoms with Gasteiger partial charge in [-0.2, -0.15) is 0 Å². The van der Waals surface area contributed by atoms with Gasteiger partial charge in [-0.1, -0.05) is 18.2 Å². The van der Waals surface area contributed by atoms with Crippen molar-refractivity contribution in [3.05, 3.63) is 42.7 Å². The summed E-state index contributed by atoms with van der Waals surface area (Å²) in [7, 11) is 0. The first-order valence-electron chi connectivity index (χ1n) is 5.22.